The molecule has 0 fully saturated rings. The van der Waals surface area contributed by atoms with Crippen molar-refractivity contribution in [2.75, 3.05) is 12.3 Å². The monoisotopic (exact) mass is 221 g/mol. The highest BCUT2D eigenvalue weighted by Crippen LogP contribution is 2.32. The van der Waals surface area contributed by atoms with Gasteiger partial charge < -0.3 is 15.7 Å². The molecule has 5 nitrogen and oxygen atoms in total. The summed E-state index contributed by atoms with van der Waals surface area (Å²) in [5.74, 6) is 0. The molecule has 0 spiro atoms. The summed E-state index contributed by atoms with van der Waals surface area (Å²) in [4.78, 5) is 16.7. The molecule has 5 heteroatoms. The molecule has 0 aliphatic carbocycles. The van der Waals surface area contributed by atoms with E-state index in [0.717, 1.165) is 11.3 Å². The number of hydrogen-bond donors (Lipinski definition) is 2. The molecule has 0 unspecified atom stereocenters. The van der Waals surface area contributed by atoms with Crippen LogP contribution >= 0.6 is 0 Å². The summed E-state index contributed by atoms with van der Waals surface area (Å²) in [5, 5.41) is 9.04. The molecule has 2 heterocycles. The second kappa shape index (κ2) is 3.37. The smallest absolute Gasteiger partial charge is 0.407 e. The zero-order valence-corrected chi connectivity index (χ0v) is 9.40. The molecule has 0 saturated heterocycles. The Morgan fingerprint density at radius 1 is 1.62 bits per heavy atom. The summed E-state index contributed by atoms with van der Waals surface area (Å²) >= 11 is 0. The molecule has 0 bridgehead atoms. The molecule has 0 saturated carbocycles. The minimum Gasteiger partial charge on any atom is -0.465 e. The van der Waals surface area contributed by atoms with E-state index >= 15 is 0 Å². The molecule has 1 aromatic heterocycles. The first-order chi connectivity index (χ1) is 7.40. The fraction of sp³-hybridized carbons (Fsp3) is 0.455. The van der Waals surface area contributed by atoms with Gasteiger partial charge in [-0.2, -0.15) is 0 Å². The van der Waals surface area contributed by atoms with Gasteiger partial charge in [-0.1, -0.05) is 13.8 Å². The van der Waals surface area contributed by atoms with Crippen molar-refractivity contribution >= 4 is 11.8 Å². The summed E-state index contributed by atoms with van der Waals surface area (Å²) < 4.78 is 0. The van der Waals surface area contributed by atoms with Crippen molar-refractivity contribution in [3.05, 3.63) is 23.5 Å². The van der Waals surface area contributed by atoms with Crippen molar-refractivity contribution < 1.29 is 9.90 Å². The first-order valence-electron chi connectivity index (χ1n) is 5.13. The predicted octanol–water partition coefficient (Wildman–Crippen LogP) is 1.43. The van der Waals surface area contributed by atoms with Crippen LogP contribution in [0, 0.1) is 0 Å². The first-order valence-corrected chi connectivity index (χ1v) is 5.13. The van der Waals surface area contributed by atoms with Crippen molar-refractivity contribution in [1.82, 2.24) is 9.88 Å². The highest BCUT2D eigenvalue weighted by molar-refractivity contribution is 5.66. The Morgan fingerprint density at radius 3 is 2.94 bits per heavy atom. The number of rotatable bonds is 0. The van der Waals surface area contributed by atoms with E-state index in [1.807, 2.05) is 13.8 Å². The van der Waals surface area contributed by atoms with E-state index in [1.54, 1.807) is 12.3 Å². The van der Waals surface area contributed by atoms with E-state index < -0.39 is 6.09 Å². The molecule has 1 amide bonds. The second-order valence-electron chi connectivity index (χ2n) is 4.80. The van der Waals surface area contributed by atoms with Gasteiger partial charge in [0.25, 0.3) is 0 Å². The maximum Gasteiger partial charge on any atom is 0.407 e. The van der Waals surface area contributed by atoms with Crippen LogP contribution in [0.2, 0.25) is 0 Å². The van der Waals surface area contributed by atoms with Gasteiger partial charge >= 0.3 is 6.09 Å². The molecule has 1 aromatic rings. The number of fused-ring (bicyclic) bond motifs is 1. The third kappa shape index (κ3) is 1.68. The topological polar surface area (TPSA) is 79.5 Å². The fourth-order valence-electron chi connectivity index (χ4n) is 2.21. The van der Waals surface area contributed by atoms with Crippen molar-refractivity contribution in [2.45, 2.75) is 25.8 Å². The van der Waals surface area contributed by atoms with Crippen LogP contribution in [-0.2, 0) is 12.0 Å². The third-order valence-electron chi connectivity index (χ3n) is 2.85. The van der Waals surface area contributed by atoms with Crippen LogP contribution in [-0.4, -0.2) is 27.6 Å². The quantitative estimate of drug-likeness (QED) is 0.694. The van der Waals surface area contributed by atoms with Gasteiger partial charge in [0.05, 0.1) is 24.1 Å². The number of pyridine rings is 1. The van der Waals surface area contributed by atoms with Gasteiger partial charge in [-0.05, 0) is 11.6 Å². The lowest BCUT2D eigenvalue weighted by atomic mass is 9.82. The normalized spacial score (nSPS) is 18.0. The van der Waals surface area contributed by atoms with E-state index in [0.29, 0.717) is 18.8 Å². The molecule has 16 heavy (non-hydrogen) atoms. The minimum atomic E-state index is -0.902. The molecular formula is C11H15N3O2. The summed E-state index contributed by atoms with van der Waals surface area (Å²) in [6, 6.07) is 1.80. The molecular weight excluding hydrogens is 206 g/mol. The van der Waals surface area contributed by atoms with Crippen LogP contribution in [0.25, 0.3) is 0 Å². The first kappa shape index (κ1) is 10.7. The lowest BCUT2D eigenvalue weighted by molar-refractivity contribution is 0.124. The summed E-state index contributed by atoms with van der Waals surface area (Å²) in [5.41, 5.74) is 7.82. The van der Waals surface area contributed by atoms with Crippen LogP contribution in [0.3, 0.4) is 0 Å². The number of nitrogen functional groups attached to an aromatic ring is 1. The number of aromatic nitrogens is 1. The zero-order chi connectivity index (χ0) is 11.9. The third-order valence-corrected chi connectivity index (χ3v) is 2.85. The average molecular weight is 221 g/mol. The average Bonchev–Trinajstić information content (AvgIpc) is 2.15. The van der Waals surface area contributed by atoms with Gasteiger partial charge in [-0.25, -0.2) is 4.79 Å². The van der Waals surface area contributed by atoms with Crippen LogP contribution in [0.15, 0.2) is 12.3 Å². The van der Waals surface area contributed by atoms with Gasteiger partial charge in [0.15, 0.2) is 0 Å². The Balaban J connectivity index is 2.47. The van der Waals surface area contributed by atoms with E-state index in [9.17, 15) is 4.79 Å². The van der Waals surface area contributed by atoms with Gasteiger partial charge in [0.1, 0.15) is 0 Å². The molecule has 1 aliphatic rings. The van der Waals surface area contributed by atoms with E-state index in [4.69, 9.17) is 10.8 Å². The van der Waals surface area contributed by atoms with Crippen LogP contribution in [0.1, 0.15) is 25.1 Å². The number of carbonyl (C=O) groups is 1. The lowest BCUT2D eigenvalue weighted by Crippen LogP contribution is -2.45. The fourth-order valence-corrected chi connectivity index (χ4v) is 2.21. The molecule has 3 N–H and O–H groups in total. The summed E-state index contributed by atoms with van der Waals surface area (Å²) in [6.45, 7) is 4.81. The number of anilines is 1. The Bertz CT molecular complexity index is 443. The minimum absolute atomic E-state index is 0.264. The second-order valence-corrected chi connectivity index (χ2v) is 4.80. The van der Waals surface area contributed by atoms with Gasteiger partial charge in [-0.15, -0.1) is 0 Å². The lowest BCUT2D eigenvalue weighted by Gasteiger charge is -2.37. The molecule has 2 rings (SSSR count). The largest absolute Gasteiger partial charge is 0.465 e. The Morgan fingerprint density at radius 2 is 2.31 bits per heavy atom. The standard InChI is InChI=1S/C11H15N3O2/c1-11(2)6-14(10(15)16)5-7-3-8(12)4-13-9(7)11/h3-4H,5-6,12H2,1-2H3,(H,15,16). The molecule has 86 valence electrons. The zero-order valence-electron chi connectivity index (χ0n) is 9.40. The number of amides is 1. The number of hydrogen-bond acceptors (Lipinski definition) is 3. The van der Waals surface area contributed by atoms with Crippen LogP contribution in [0.4, 0.5) is 10.5 Å². The Kier molecular flexibility index (Phi) is 2.26. The maximum absolute atomic E-state index is 11.0. The van der Waals surface area contributed by atoms with E-state index in [1.165, 1.54) is 4.90 Å². The highest BCUT2D eigenvalue weighted by atomic mass is 16.4. The SMILES string of the molecule is CC1(C)CN(C(=O)O)Cc2cc(N)cnc21. The molecule has 0 radical (unpaired) electrons. The van der Waals surface area contributed by atoms with Gasteiger partial charge in [-0.3, -0.25) is 4.98 Å². The van der Waals surface area contributed by atoms with Crippen LogP contribution < -0.4 is 5.73 Å². The molecule has 0 aromatic carbocycles. The summed E-state index contributed by atoms with van der Waals surface area (Å²) in [6.07, 6.45) is 0.720. The number of nitrogens with zero attached hydrogens (tertiary/aromatic N) is 2. The number of nitrogens with two attached hydrogens (primary N) is 1. The highest BCUT2D eigenvalue weighted by Gasteiger charge is 2.35. The Labute approximate surface area is 93.9 Å². The van der Waals surface area contributed by atoms with E-state index in [2.05, 4.69) is 4.98 Å². The predicted molar refractivity (Wildman–Crippen MR) is 60.1 cm³/mol. The van der Waals surface area contributed by atoms with Crippen LogP contribution in [0.5, 0.6) is 0 Å². The Hall–Kier alpha value is -1.78. The van der Waals surface area contributed by atoms with Gasteiger partial charge in [0.2, 0.25) is 0 Å². The van der Waals surface area contributed by atoms with Gasteiger partial charge in [0, 0.05) is 12.0 Å². The van der Waals surface area contributed by atoms with E-state index in [-0.39, 0.29) is 5.41 Å². The van der Waals surface area contributed by atoms with Crippen molar-refractivity contribution in [3.63, 3.8) is 0 Å². The number of carboxylic acid groups (broad SMARTS) is 1. The van der Waals surface area contributed by atoms with Crippen molar-refractivity contribution in [3.8, 4) is 0 Å². The molecule has 1 aliphatic heterocycles. The van der Waals surface area contributed by atoms with Crippen molar-refractivity contribution in [2.24, 2.45) is 0 Å². The summed E-state index contributed by atoms with van der Waals surface area (Å²) in [7, 11) is 0. The molecule has 0 atom stereocenters. The van der Waals surface area contributed by atoms with Crippen molar-refractivity contribution in [1.29, 1.82) is 0 Å². The maximum atomic E-state index is 11.0.